The molecular formula is C8H7O. The lowest BCUT2D eigenvalue weighted by molar-refractivity contribution is 0.562. The van der Waals surface area contributed by atoms with Crippen molar-refractivity contribution in [3.8, 4) is 0 Å². The smallest absolute Gasteiger partial charge is 0.233 e. The maximum absolute atomic E-state index is 10.1. The van der Waals surface area contributed by atoms with Crippen LogP contribution in [0, 0.1) is 6.92 Å². The molecule has 1 rings (SSSR count). The van der Waals surface area contributed by atoms with Crippen LogP contribution in [0.3, 0.4) is 0 Å². The molecule has 1 nitrogen and oxygen atoms in total. The third-order valence-electron chi connectivity index (χ3n) is 1.26. The van der Waals surface area contributed by atoms with Crippen LogP contribution in [0.2, 0.25) is 0 Å². The second-order valence-electron chi connectivity index (χ2n) is 1.92. The summed E-state index contributed by atoms with van der Waals surface area (Å²) in [5.74, 6) is 0. The standard InChI is InChI=1S/C8H7O/c1-7-4-2-3-5-8(7)6-9/h2-5H,1H3. The van der Waals surface area contributed by atoms with Crippen molar-refractivity contribution >= 4 is 6.29 Å². The average Bonchev–Trinajstić information content (AvgIpc) is 1.89. The number of aryl methyl sites for hydroxylation is 1. The van der Waals surface area contributed by atoms with Crippen molar-refractivity contribution in [2.75, 3.05) is 0 Å². The minimum atomic E-state index is 0.650. The van der Waals surface area contributed by atoms with Gasteiger partial charge >= 0.3 is 0 Å². The Morgan fingerprint density at radius 2 is 2.00 bits per heavy atom. The molecule has 0 amide bonds. The third kappa shape index (κ3) is 1.17. The largest absolute Gasteiger partial charge is 0.285 e. The van der Waals surface area contributed by atoms with E-state index in [1.165, 1.54) is 0 Å². The van der Waals surface area contributed by atoms with E-state index in [9.17, 15) is 4.79 Å². The molecule has 0 unspecified atom stereocenters. The fourth-order valence-corrected chi connectivity index (χ4v) is 0.687. The lowest BCUT2D eigenvalue weighted by Crippen LogP contribution is -1.82. The molecule has 1 radical (unpaired) electrons. The van der Waals surface area contributed by atoms with Gasteiger partial charge in [0.2, 0.25) is 6.29 Å². The Morgan fingerprint density at radius 1 is 1.33 bits per heavy atom. The summed E-state index contributed by atoms with van der Waals surface area (Å²) in [6, 6.07) is 7.37. The minimum absolute atomic E-state index is 0.650. The van der Waals surface area contributed by atoms with E-state index in [0.717, 1.165) is 5.56 Å². The van der Waals surface area contributed by atoms with Crippen LogP contribution in [0.1, 0.15) is 11.1 Å². The van der Waals surface area contributed by atoms with E-state index in [2.05, 4.69) is 0 Å². The summed E-state index contributed by atoms with van der Waals surface area (Å²) in [4.78, 5) is 10.1. The predicted octanol–water partition coefficient (Wildman–Crippen LogP) is 1.45. The first-order valence-corrected chi connectivity index (χ1v) is 2.78. The highest BCUT2D eigenvalue weighted by Gasteiger charge is 1.91. The molecule has 0 fully saturated rings. The second-order valence-corrected chi connectivity index (χ2v) is 1.92. The maximum Gasteiger partial charge on any atom is 0.233 e. The summed E-state index contributed by atoms with van der Waals surface area (Å²) in [6.45, 7) is 1.89. The van der Waals surface area contributed by atoms with E-state index >= 15 is 0 Å². The van der Waals surface area contributed by atoms with Crippen molar-refractivity contribution in [1.29, 1.82) is 0 Å². The minimum Gasteiger partial charge on any atom is -0.285 e. The first-order chi connectivity index (χ1) is 4.34. The van der Waals surface area contributed by atoms with Gasteiger partial charge in [-0.25, -0.2) is 0 Å². The summed E-state index contributed by atoms with van der Waals surface area (Å²) in [5, 5.41) is 0. The van der Waals surface area contributed by atoms with E-state index < -0.39 is 0 Å². The Balaban J connectivity index is 3.15. The molecule has 0 N–H and O–H groups in total. The van der Waals surface area contributed by atoms with Gasteiger partial charge < -0.3 is 0 Å². The number of rotatable bonds is 1. The zero-order valence-electron chi connectivity index (χ0n) is 5.22. The SMILES string of the molecule is Cc1ccccc1[C]=O. The molecule has 1 heteroatoms. The molecule has 0 heterocycles. The molecule has 9 heavy (non-hydrogen) atoms. The van der Waals surface area contributed by atoms with Gasteiger partial charge in [0.1, 0.15) is 0 Å². The Kier molecular flexibility index (Phi) is 1.63. The Hall–Kier alpha value is -1.11. The second kappa shape index (κ2) is 2.44. The van der Waals surface area contributed by atoms with E-state index in [-0.39, 0.29) is 0 Å². The Bertz CT molecular complexity index is 216. The number of carbonyl (C=O) groups excluding carboxylic acids is 1. The van der Waals surface area contributed by atoms with E-state index in [4.69, 9.17) is 0 Å². The molecule has 0 saturated carbocycles. The van der Waals surface area contributed by atoms with Crippen LogP contribution >= 0.6 is 0 Å². The zero-order chi connectivity index (χ0) is 6.69. The van der Waals surface area contributed by atoms with Crippen LogP contribution in [0.15, 0.2) is 24.3 Å². The maximum atomic E-state index is 10.1. The Labute approximate surface area is 54.3 Å². The van der Waals surface area contributed by atoms with Crippen molar-refractivity contribution in [3.05, 3.63) is 35.4 Å². The fourth-order valence-electron chi connectivity index (χ4n) is 0.687. The predicted molar refractivity (Wildman–Crippen MR) is 36.0 cm³/mol. The van der Waals surface area contributed by atoms with Crippen molar-refractivity contribution in [2.45, 2.75) is 6.92 Å². The van der Waals surface area contributed by atoms with Gasteiger partial charge in [0.15, 0.2) is 0 Å². The summed E-state index contributed by atoms with van der Waals surface area (Å²) in [6.07, 6.45) is 1.85. The lowest BCUT2D eigenvalue weighted by atomic mass is 10.1. The topological polar surface area (TPSA) is 17.1 Å². The molecule has 0 spiro atoms. The molecule has 1 aromatic rings. The van der Waals surface area contributed by atoms with Gasteiger partial charge in [0.25, 0.3) is 0 Å². The lowest BCUT2D eigenvalue weighted by Gasteiger charge is -1.91. The highest BCUT2D eigenvalue weighted by molar-refractivity contribution is 5.77. The molecule has 0 bridgehead atoms. The van der Waals surface area contributed by atoms with Crippen LogP contribution in [0.4, 0.5) is 0 Å². The van der Waals surface area contributed by atoms with Gasteiger partial charge in [-0.15, -0.1) is 0 Å². The fraction of sp³-hybridized carbons (Fsp3) is 0.125. The quantitative estimate of drug-likeness (QED) is 0.546. The van der Waals surface area contributed by atoms with E-state index in [1.54, 1.807) is 6.07 Å². The number of benzene rings is 1. The summed E-state index contributed by atoms with van der Waals surface area (Å²) >= 11 is 0. The van der Waals surface area contributed by atoms with Crippen molar-refractivity contribution in [1.82, 2.24) is 0 Å². The van der Waals surface area contributed by atoms with Crippen LogP contribution in [-0.4, -0.2) is 6.29 Å². The van der Waals surface area contributed by atoms with Gasteiger partial charge in [0.05, 0.1) is 0 Å². The number of hydrogen-bond donors (Lipinski definition) is 0. The van der Waals surface area contributed by atoms with Crippen LogP contribution < -0.4 is 0 Å². The summed E-state index contributed by atoms with van der Waals surface area (Å²) < 4.78 is 0. The molecule has 45 valence electrons. The normalized spacial score (nSPS) is 9.00. The van der Waals surface area contributed by atoms with Gasteiger partial charge in [0, 0.05) is 5.56 Å². The zero-order valence-corrected chi connectivity index (χ0v) is 5.22. The van der Waals surface area contributed by atoms with Crippen LogP contribution in [0.25, 0.3) is 0 Å². The van der Waals surface area contributed by atoms with Crippen LogP contribution in [0.5, 0.6) is 0 Å². The highest BCUT2D eigenvalue weighted by atomic mass is 16.1. The molecule has 0 aliphatic carbocycles. The highest BCUT2D eigenvalue weighted by Crippen LogP contribution is 2.01. The first-order valence-electron chi connectivity index (χ1n) is 2.78. The van der Waals surface area contributed by atoms with Gasteiger partial charge in [-0.1, -0.05) is 24.3 Å². The average molecular weight is 119 g/mol. The molecule has 1 aromatic carbocycles. The molecular weight excluding hydrogens is 112 g/mol. The molecule has 0 saturated heterocycles. The van der Waals surface area contributed by atoms with Crippen molar-refractivity contribution < 1.29 is 4.79 Å². The molecule has 0 atom stereocenters. The van der Waals surface area contributed by atoms with Gasteiger partial charge in [-0.3, -0.25) is 4.79 Å². The van der Waals surface area contributed by atoms with E-state index in [0.29, 0.717) is 5.56 Å². The third-order valence-corrected chi connectivity index (χ3v) is 1.26. The van der Waals surface area contributed by atoms with E-state index in [1.807, 2.05) is 31.4 Å². The summed E-state index contributed by atoms with van der Waals surface area (Å²) in [5.41, 5.74) is 1.63. The summed E-state index contributed by atoms with van der Waals surface area (Å²) in [7, 11) is 0. The number of hydrogen-bond acceptors (Lipinski definition) is 1. The van der Waals surface area contributed by atoms with Crippen molar-refractivity contribution in [2.24, 2.45) is 0 Å². The molecule has 0 aliphatic heterocycles. The van der Waals surface area contributed by atoms with Gasteiger partial charge in [-0.05, 0) is 12.5 Å². The van der Waals surface area contributed by atoms with Gasteiger partial charge in [-0.2, -0.15) is 0 Å². The first kappa shape index (κ1) is 6.02. The monoisotopic (exact) mass is 119 g/mol. The molecule has 0 aromatic heterocycles. The van der Waals surface area contributed by atoms with Crippen molar-refractivity contribution in [3.63, 3.8) is 0 Å². The van der Waals surface area contributed by atoms with Crippen LogP contribution in [-0.2, 0) is 4.79 Å². The Morgan fingerprint density at radius 3 is 2.44 bits per heavy atom. The molecule has 0 aliphatic rings.